The monoisotopic (exact) mass is 293 g/mol. The molecule has 3 rings (SSSR count). The maximum atomic E-state index is 12.9. The lowest BCUT2D eigenvalue weighted by Gasteiger charge is -2.18. The number of benzene rings is 1. The molecule has 0 radical (unpaired) electrons. The van der Waals surface area contributed by atoms with E-state index in [1.807, 2.05) is 44.2 Å². The van der Waals surface area contributed by atoms with Crippen LogP contribution in [0.5, 0.6) is 0 Å². The Bertz CT molecular complexity index is 883. The summed E-state index contributed by atoms with van der Waals surface area (Å²) < 4.78 is 1.71. The Morgan fingerprint density at radius 3 is 2.73 bits per heavy atom. The molecule has 0 saturated carbocycles. The van der Waals surface area contributed by atoms with Gasteiger partial charge in [0.05, 0.1) is 29.0 Å². The third-order valence-electron chi connectivity index (χ3n) is 4.02. The van der Waals surface area contributed by atoms with Gasteiger partial charge in [-0.25, -0.2) is 4.98 Å². The quantitative estimate of drug-likeness (QED) is 0.743. The van der Waals surface area contributed by atoms with Gasteiger partial charge in [0.25, 0.3) is 5.56 Å². The summed E-state index contributed by atoms with van der Waals surface area (Å²) >= 11 is 0. The molecular formula is C18H19N3O. The van der Waals surface area contributed by atoms with Gasteiger partial charge in [-0.2, -0.15) is 0 Å². The molecule has 1 atom stereocenters. The average molecular weight is 293 g/mol. The van der Waals surface area contributed by atoms with Gasteiger partial charge in [0.15, 0.2) is 0 Å². The number of hydrogen-bond donors (Lipinski definition) is 0. The van der Waals surface area contributed by atoms with E-state index in [4.69, 9.17) is 0 Å². The molecule has 0 amide bonds. The first-order valence-corrected chi connectivity index (χ1v) is 7.51. The second-order valence-corrected chi connectivity index (χ2v) is 5.61. The van der Waals surface area contributed by atoms with Gasteiger partial charge in [-0.1, -0.05) is 19.1 Å². The molecule has 4 heteroatoms. The molecule has 2 heterocycles. The summed E-state index contributed by atoms with van der Waals surface area (Å²) in [5.41, 5.74) is 3.74. The summed E-state index contributed by atoms with van der Waals surface area (Å²) in [7, 11) is 0. The number of aromatic nitrogens is 3. The van der Waals surface area contributed by atoms with Crippen molar-refractivity contribution in [3.8, 4) is 0 Å². The Morgan fingerprint density at radius 1 is 1.18 bits per heavy atom. The van der Waals surface area contributed by atoms with Crippen LogP contribution in [-0.4, -0.2) is 14.5 Å². The predicted octanol–water partition coefficient (Wildman–Crippen LogP) is 3.41. The maximum absolute atomic E-state index is 12.9. The number of fused-ring (bicyclic) bond motifs is 1. The third kappa shape index (κ3) is 2.41. The van der Waals surface area contributed by atoms with Crippen LogP contribution < -0.4 is 5.56 Å². The van der Waals surface area contributed by atoms with Crippen LogP contribution in [0.4, 0.5) is 0 Å². The van der Waals surface area contributed by atoms with E-state index < -0.39 is 0 Å². The standard InChI is InChI=1S/C18H19N3O/c1-4-16(15-10-12(2)8-9-19-15)21-11-20-14-7-5-6-13(3)17(14)18(21)22/h5-11,16H,4H2,1-3H3/t16-/m0/s1. The highest BCUT2D eigenvalue weighted by atomic mass is 16.1. The first-order valence-electron chi connectivity index (χ1n) is 7.51. The van der Waals surface area contributed by atoms with Gasteiger partial charge < -0.3 is 0 Å². The fraction of sp³-hybridized carbons (Fsp3) is 0.278. The largest absolute Gasteiger partial charge is 0.290 e. The van der Waals surface area contributed by atoms with Crippen LogP contribution in [0.1, 0.15) is 36.2 Å². The predicted molar refractivity (Wildman–Crippen MR) is 88.1 cm³/mol. The summed E-state index contributed by atoms with van der Waals surface area (Å²) in [5.74, 6) is 0. The van der Waals surface area contributed by atoms with Gasteiger partial charge in [0.2, 0.25) is 0 Å². The first-order chi connectivity index (χ1) is 10.6. The minimum Gasteiger partial charge on any atom is -0.290 e. The normalized spacial score (nSPS) is 12.5. The minimum atomic E-state index is -0.0936. The van der Waals surface area contributed by atoms with E-state index in [0.29, 0.717) is 5.39 Å². The first kappa shape index (κ1) is 14.4. The van der Waals surface area contributed by atoms with Gasteiger partial charge in [0.1, 0.15) is 0 Å². The van der Waals surface area contributed by atoms with Gasteiger partial charge in [-0.3, -0.25) is 14.3 Å². The topological polar surface area (TPSA) is 47.8 Å². The molecule has 3 aromatic rings. The minimum absolute atomic E-state index is 0.00161. The van der Waals surface area contributed by atoms with Crippen molar-refractivity contribution in [3.63, 3.8) is 0 Å². The summed E-state index contributed by atoms with van der Waals surface area (Å²) in [6.07, 6.45) is 4.22. The Morgan fingerprint density at radius 2 is 2.00 bits per heavy atom. The molecule has 112 valence electrons. The summed E-state index contributed by atoms with van der Waals surface area (Å²) in [6.45, 7) is 6.04. The molecule has 0 aliphatic carbocycles. The molecule has 1 aromatic carbocycles. The van der Waals surface area contributed by atoms with E-state index in [2.05, 4.69) is 16.9 Å². The summed E-state index contributed by atoms with van der Waals surface area (Å²) in [6, 6.07) is 9.64. The highest BCUT2D eigenvalue weighted by molar-refractivity contribution is 5.80. The molecule has 0 saturated heterocycles. The van der Waals surface area contributed by atoms with Crippen molar-refractivity contribution in [1.29, 1.82) is 0 Å². The lowest BCUT2D eigenvalue weighted by molar-refractivity contribution is 0.530. The maximum Gasteiger partial charge on any atom is 0.262 e. The number of pyridine rings is 1. The molecule has 22 heavy (non-hydrogen) atoms. The molecular weight excluding hydrogens is 274 g/mol. The molecule has 2 aromatic heterocycles. The molecule has 0 N–H and O–H groups in total. The van der Waals surface area contributed by atoms with Gasteiger partial charge in [0, 0.05) is 6.20 Å². The zero-order valence-electron chi connectivity index (χ0n) is 13.1. The Balaban J connectivity index is 2.22. The number of aryl methyl sites for hydroxylation is 2. The van der Waals surface area contributed by atoms with Crippen molar-refractivity contribution in [3.05, 3.63) is 70.0 Å². The van der Waals surface area contributed by atoms with Crippen LogP contribution in [-0.2, 0) is 0 Å². The van der Waals surface area contributed by atoms with Gasteiger partial charge in [-0.05, 0) is 49.6 Å². The van der Waals surface area contributed by atoms with E-state index in [1.54, 1.807) is 17.1 Å². The van der Waals surface area contributed by atoms with E-state index in [1.165, 1.54) is 0 Å². The zero-order valence-corrected chi connectivity index (χ0v) is 13.1. The zero-order chi connectivity index (χ0) is 15.7. The molecule has 0 aliphatic heterocycles. The highest BCUT2D eigenvalue weighted by Crippen LogP contribution is 2.20. The Labute approximate surface area is 129 Å². The second kappa shape index (κ2) is 5.72. The van der Waals surface area contributed by atoms with Crippen LogP contribution in [0, 0.1) is 13.8 Å². The van der Waals surface area contributed by atoms with Crippen LogP contribution in [0.3, 0.4) is 0 Å². The van der Waals surface area contributed by atoms with E-state index in [9.17, 15) is 4.79 Å². The smallest absolute Gasteiger partial charge is 0.262 e. The van der Waals surface area contributed by atoms with Crippen molar-refractivity contribution in [1.82, 2.24) is 14.5 Å². The Kier molecular flexibility index (Phi) is 3.75. The van der Waals surface area contributed by atoms with E-state index >= 15 is 0 Å². The highest BCUT2D eigenvalue weighted by Gasteiger charge is 2.17. The number of hydrogen-bond acceptors (Lipinski definition) is 3. The number of nitrogens with zero attached hydrogens (tertiary/aromatic N) is 3. The lowest BCUT2D eigenvalue weighted by Crippen LogP contribution is -2.26. The molecule has 0 unspecified atom stereocenters. The van der Waals surface area contributed by atoms with Crippen molar-refractivity contribution >= 4 is 10.9 Å². The van der Waals surface area contributed by atoms with Crippen LogP contribution >= 0.6 is 0 Å². The fourth-order valence-corrected chi connectivity index (χ4v) is 2.86. The molecule has 0 aliphatic rings. The Hall–Kier alpha value is -2.49. The third-order valence-corrected chi connectivity index (χ3v) is 4.02. The second-order valence-electron chi connectivity index (χ2n) is 5.61. The lowest BCUT2D eigenvalue weighted by atomic mass is 10.1. The van der Waals surface area contributed by atoms with E-state index in [-0.39, 0.29) is 11.6 Å². The van der Waals surface area contributed by atoms with Crippen molar-refractivity contribution in [2.75, 3.05) is 0 Å². The van der Waals surface area contributed by atoms with E-state index in [0.717, 1.165) is 28.8 Å². The molecule has 0 fully saturated rings. The molecule has 0 spiro atoms. The average Bonchev–Trinajstić information content (AvgIpc) is 2.50. The van der Waals surface area contributed by atoms with Crippen LogP contribution in [0.2, 0.25) is 0 Å². The van der Waals surface area contributed by atoms with Crippen LogP contribution in [0.15, 0.2) is 47.7 Å². The molecule has 4 nitrogen and oxygen atoms in total. The fourth-order valence-electron chi connectivity index (χ4n) is 2.86. The van der Waals surface area contributed by atoms with Crippen molar-refractivity contribution in [2.45, 2.75) is 33.2 Å². The summed E-state index contributed by atoms with van der Waals surface area (Å²) in [4.78, 5) is 21.8. The SMILES string of the molecule is CC[C@@H](c1cc(C)ccn1)n1cnc2cccc(C)c2c1=O. The summed E-state index contributed by atoms with van der Waals surface area (Å²) in [5, 5.41) is 0.691. The van der Waals surface area contributed by atoms with Gasteiger partial charge in [-0.15, -0.1) is 0 Å². The van der Waals surface area contributed by atoms with Gasteiger partial charge >= 0.3 is 0 Å². The van der Waals surface area contributed by atoms with Crippen molar-refractivity contribution in [2.24, 2.45) is 0 Å². The van der Waals surface area contributed by atoms with Crippen molar-refractivity contribution < 1.29 is 0 Å². The molecule has 0 bridgehead atoms. The number of rotatable bonds is 3. The van der Waals surface area contributed by atoms with Crippen LogP contribution in [0.25, 0.3) is 10.9 Å².